The first-order valence-electron chi connectivity index (χ1n) is 9.32. The van der Waals surface area contributed by atoms with Crippen molar-refractivity contribution in [3.8, 4) is 0 Å². The molecule has 2 aromatic rings. The van der Waals surface area contributed by atoms with Crippen LogP contribution in [0, 0.1) is 16.7 Å². The number of nitrogens with one attached hydrogen (secondary N) is 1. The first-order valence-corrected chi connectivity index (χ1v) is 9.32. The smallest absolute Gasteiger partial charge is 0.0483 e. The number of piperazine rings is 1. The number of aromatic nitrogens is 1. The van der Waals surface area contributed by atoms with Gasteiger partial charge in [-0.05, 0) is 22.5 Å². The Bertz CT molecular complexity index is 721. The number of fused-ring (bicyclic) bond motifs is 1. The van der Waals surface area contributed by atoms with Gasteiger partial charge in [-0.3, -0.25) is 4.90 Å². The molecule has 0 unspecified atom stereocenters. The van der Waals surface area contributed by atoms with Gasteiger partial charge in [0.2, 0.25) is 0 Å². The van der Waals surface area contributed by atoms with Crippen LogP contribution in [-0.2, 0) is 6.54 Å². The summed E-state index contributed by atoms with van der Waals surface area (Å²) in [5.41, 5.74) is 3.47. The molecule has 1 aromatic carbocycles. The van der Waals surface area contributed by atoms with Crippen LogP contribution in [0.25, 0.3) is 10.9 Å². The van der Waals surface area contributed by atoms with Crippen LogP contribution in [0.3, 0.4) is 0 Å². The molecule has 1 aliphatic carbocycles. The van der Waals surface area contributed by atoms with Crippen molar-refractivity contribution >= 4 is 10.9 Å². The number of benzene rings is 1. The summed E-state index contributed by atoms with van der Waals surface area (Å²) in [7, 11) is 0. The minimum atomic E-state index is 0.306. The van der Waals surface area contributed by atoms with Gasteiger partial charge in [0, 0.05) is 62.3 Å². The van der Waals surface area contributed by atoms with Crippen molar-refractivity contribution in [1.82, 2.24) is 14.8 Å². The molecule has 2 fully saturated rings. The van der Waals surface area contributed by atoms with Gasteiger partial charge in [0.25, 0.3) is 0 Å². The van der Waals surface area contributed by atoms with E-state index in [1.54, 1.807) is 5.92 Å². The molecule has 1 saturated heterocycles. The molecular formula is C21H30N3. The van der Waals surface area contributed by atoms with E-state index < -0.39 is 0 Å². The van der Waals surface area contributed by atoms with Gasteiger partial charge in [0.1, 0.15) is 0 Å². The largest absolute Gasteiger partial charge is 0.346 e. The van der Waals surface area contributed by atoms with E-state index in [0.29, 0.717) is 10.8 Å². The lowest BCUT2D eigenvalue weighted by molar-refractivity contribution is 0.233. The quantitative estimate of drug-likeness (QED) is 0.928. The molecule has 0 bridgehead atoms. The molecule has 24 heavy (non-hydrogen) atoms. The molecule has 1 aromatic heterocycles. The Morgan fingerprint density at radius 3 is 2.29 bits per heavy atom. The summed E-state index contributed by atoms with van der Waals surface area (Å²) in [5, 5.41) is 4.86. The summed E-state index contributed by atoms with van der Waals surface area (Å²) < 4.78 is 2.48. The molecule has 3 heteroatoms. The van der Waals surface area contributed by atoms with Crippen LogP contribution in [0.15, 0.2) is 30.5 Å². The Labute approximate surface area is 146 Å². The van der Waals surface area contributed by atoms with Crippen LogP contribution in [-0.4, -0.2) is 42.2 Å². The summed E-state index contributed by atoms with van der Waals surface area (Å²) in [5.74, 6) is 1.62. The number of hydrogen-bond donors (Lipinski definition) is 1. The summed E-state index contributed by atoms with van der Waals surface area (Å²) >= 11 is 0. The summed E-state index contributed by atoms with van der Waals surface area (Å²) in [6, 6.07) is 8.92. The van der Waals surface area contributed by atoms with Gasteiger partial charge in [-0.1, -0.05) is 45.9 Å². The van der Waals surface area contributed by atoms with Gasteiger partial charge < -0.3 is 9.88 Å². The average molecular weight is 324 g/mol. The van der Waals surface area contributed by atoms with Crippen LogP contribution >= 0.6 is 0 Å². The fourth-order valence-electron chi connectivity index (χ4n) is 4.52. The molecule has 4 rings (SSSR count). The summed E-state index contributed by atoms with van der Waals surface area (Å²) in [6.45, 7) is 16.3. The summed E-state index contributed by atoms with van der Waals surface area (Å²) in [4.78, 5) is 2.57. The van der Waals surface area contributed by atoms with Crippen LogP contribution in [0.4, 0.5) is 0 Å². The van der Waals surface area contributed by atoms with E-state index in [-0.39, 0.29) is 0 Å². The van der Waals surface area contributed by atoms with Gasteiger partial charge in [-0.15, -0.1) is 0 Å². The average Bonchev–Trinajstić information content (AvgIpc) is 2.84. The molecule has 1 saturated carbocycles. The lowest BCUT2D eigenvalue weighted by Gasteiger charge is -2.27. The van der Waals surface area contributed by atoms with Gasteiger partial charge >= 0.3 is 0 Å². The Morgan fingerprint density at radius 2 is 1.62 bits per heavy atom. The van der Waals surface area contributed by atoms with Crippen molar-refractivity contribution in [2.75, 3.05) is 32.7 Å². The van der Waals surface area contributed by atoms with Crippen molar-refractivity contribution < 1.29 is 0 Å². The van der Waals surface area contributed by atoms with E-state index in [4.69, 9.17) is 0 Å². The normalized spacial score (nSPS) is 23.7. The molecule has 3 nitrogen and oxygen atoms in total. The number of hydrogen-bond acceptors (Lipinski definition) is 2. The molecule has 2 heterocycles. The third-order valence-electron chi connectivity index (χ3n) is 6.67. The second-order valence-corrected chi connectivity index (χ2v) is 8.47. The van der Waals surface area contributed by atoms with Gasteiger partial charge in [0.05, 0.1) is 0 Å². The first-order chi connectivity index (χ1) is 11.4. The van der Waals surface area contributed by atoms with Crippen molar-refractivity contribution in [2.24, 2.45) is 10.8 Å². The Balaban J connectivity index is 1.62. The molecule has 0 atom stereocenters. The van der Waals surface area contributed by atoms with E-state index in [0.717, 1.165) is 26.2 Å². The second kappa shape index (κ2) is 5.60. The Kier molecular flexibility index (Phi) is 3.77. The highest BCUT2D eigenvalue weighted by Crippen LogP contribution is 2.73. The molecule has 0 spiro atoms. The van der Waals surface area contributed by atoms with Crippen molar-refractivity contribution in [2.45, 2.75) is 34.2 Å². The van der Waals surface area contributed by atoms with Crippen molar-refractivity contribution in [3.05, 3.63) is 41.9 Å². The zero-order valence-corrected chi connectivity index (χ0v) is 15.5. The predicted octanol–water partition coefficient (Wildman–Crippen LogP) is 3.54. The highest BCUT2D eigenvalue weighted by Gasteiger charge is 2.66. The minimum Gasteiger partial charge on any atom is -0.346 e. The lowest BCUT2D eigenvalue weighted by Crippen LogP contribution is -2.44. The maximum absolute atomic E-state index is 3.44. The zero-order chi connectivity index (χ0) is 16.9. The minimum absolute atomic E-state index is 0.306. The van der Waals surface area contributed by atoms with E-state index in [1.807, 2.05) is 0 Å². The molecule has 2 aliphatic rings. The third-order valence-corrected chi connectivity index (χ3v) is 6.67. The van der Waals surface area contributed by atoms with Gasteiger partial charge in [-0.2, -0.15) is 0 Å². The van der Waals surface area contributed by atoms with Gasteiger partial charge in [0.15, 0.2) is 0 Å². The molecular weight excluding hydrogens is 294 g/mol. The van der Waals surface area contributed by atoms with Gasteiger partial charge in [-0.25, -0.2) is 0 Å². The van der Waals surface area contributed by atoms with E-state index >= 15 is 0 Å². The van der Waals surface area contributed by atoms with E-state index in [9.17, 15) is 0 Å². The Hall–Kier alpha value is -1.32. The molecule has 129 valence electrons. The lowest BCUT2D eigenvalue weighted by atomic mass is 10.0. The third kappa shape index (κ3) is 2.41. The maximum atomic E-state index is 3.44. The van der Waals surface area contributed by atoms with Crippen LogP contribution in [0.2, 0.25) is 0 Å². The highest BCUT2D eigenvalue weighted by atomic mass is 15.2. The monoisotopic (exact) mass is 324 g/mol. The second-order valence-electron chi connectivity index (χ2n) is 8.47. The van der Waals surface area contributed by atoms with Crippen molar-refractivity contribution in [1.29, 1.82) is 0 Å². The predicted molar refractivity (Wildman–Crippen MR) is 101 cm³/mol. The SMILES string of the molecule is CC1(C)[C](c2cn(CCN3CCNCC3)c3ccccc23)C1(C)C. The first kappa shape index (κ1) is 16.2. The fraction of sp³-hybridized carbons (Fsp3) is 0.571. The fourth-order valence-corrected chi connectivity index (χ4v) is 4.52. The molecule has 1 N–H and O–H groups in total. The zero-order valence-electron chi connectivity index (χ0n) is 15.5. The van der Waals surface area contributed by atoms with E-state index in [2.05, 4.69) is 72.9 Å². The highest BCUT2D eigenvalue weighted by molar-refractivity contribution is 5.88. The summed E-state index contributed by atoms with van der Waals surface area (Å²) in [6.07, 6.45) is 2.42. The van der Waals surface area contributed by atoms with Crippen molar-refractivity contribution in [3.63, 3.8) is 0 Å². The Morgan fingerprint density at radius 1 is 0.958 bits per heavy atom. The standard InChI is InChI=1S/C21H30N3/c1-20(2)19(21(20,3)4)17-15-24(18-8-6-5-7-16(17)18)14-13-23-11-9-22-10-12-23/h5-8,15,22H,9-14H2,1-4H3. The maximum Gasteiger partial charge on any atom is 0.0483 e. The molecule has 1 aliphatic heterocycles. The van der Waals surface area contributed by atoms with Crippen LogP contribution in [0.5, 0.6) is 0 Å². The van der Waals surface area contributed by atoms with E-state index in [1.165, 1.54) is 29.6 Å². The molecule has 1 radical (unpaired) electrons. The van der Waals surface area contributed by atoms with Crippen LogP contribution in [0.1, 0.15) is 33.3 Å². The molecule has 0 amide bonds. The number of para-hydroxylation sites is 1. The topological polar surface area (TPSA) is 20.2 Å². The number of rotatable bonds is 4. The number of nitrogens with zero attached hydrogens (tertiary/aromatic N) is 2. The van der Waals surface area contributed by atoms with Crippen LogP contribution < -0.4 is 5.32 Å².